The number of aliphatic carboxylic acids is 2. The molecule has 3 atom stereocenters. The number of hydrogen-bond acceptors (Lipinski definition) is 9. The summed E-state index contributed by atoms with van der Waals surface area (Å²) < 4.78 is 9.90. The standard InChI is InChI=1S/C20H21N3O9S/c1-9(24)31-6-11-8-33-19-15(18(28)23(19)16(11)20(29)30)22-17(27)14(21)10-2-4-12(5-3-10)32-7-13(25)26/h2-5,14-15,19H,6-8,21H2,1H3,(H,22,27)(H,25,26)(H,29,30)/t14?,15-,19-/m1/s1. The highest BCUT2D eigenvalue weighted by Gasteiger charge is 2.54. The minimum absolute atomic E-state index is 0.208. The van der Waals surface area contributed by atoms with Crippen LogP contribution < -0.4 is 15.8 Å². The van der Waals surface area contributed by atoms with Gasteiger partial charge in [0.25, 0.3) is 5.91 Å². The number of β-lactam (4-membered cyclic amide) rings is 1. The molecule has 0 spiro atoms. The second-order valence-electron chi connectivity index (χ2n) is 7.16. The fraction of sp³-hybridized carbons (Fsp3) is 0.350. The van der Waals surface area contributed by atoms with Gasteiger partial charge in [0.05, 0.1) is 0 Å². The van der Waals surface area contributed by atoms with E-state index in [1.54, 1.807) is 0 Å². The maximum atomic E-state index is 12.6. The Labute approximate surface area is 191 Å². The molecule has 1 fully saturated rings. The van der Waals surface area contributed by atoms with Gasteiger partial charge in [-0.25, -0.2) is 9.59 Å². The Balaban J connectivity index is 1.65. The number of hydrogen-bond donors (Lipinski definition) is 4. The molecular formula is C20H21N3O9S. The van der Waals surface area contributed by atoms with E-state index in [9.17, 15) is 29.1 Å². The topological polar surface area (TPSA) is 186 Å². The van der Waals surface area contributed by atoms with E-state index in [1.165, 1.54) is 43.0 Å². The van der Waals surface area contributed by atoms with Crippen LogP contribution in [0.3, 0.4) is 0 Å². The number of carbonyl (C=O) groups excluding carboxylic acids is 3. The monoisotopic (exact) mass is 479 g/mol. The van der Waals surface area contributed by atoms with Crippen molar-refractivity contribution in [2.24, 2.45) is 5.73 Å². The molecule has 0 saturated carbocycles. The lowest BCUT2D eigenvalue weighted by Gasteiger charge is -2.49. The number of thioether (sulfide) groups is 1. The molecule has 176 valence electrons. The number of rotatable bonds is 9. The molecule has 12 nitrogen and oxygen atoms in total. The van der Waals surface area contributed by atoms with E-state index in [1.807, 2.05) is 0 Å². The summed E-state index contributed by atoms with van der Waals surface area (Å²) in [5, 5.41) is 20.1. The van der Waals surface area contributed by atoms with Gasteiger partial charge in [0.1, 0.15) is 35.5 Å². The minimum Gasteiger partial charge on any atom is -0.482 e. The quantitative estimate of drug-likeness (QED) is 0.263. The van der Waals surface area contributed by atoms with Gasteiger partial charge in [-0.05, 0) is 17.7 Å². The Bertz CT molecular complexity index is 1020. The average Bonchev–Trinajstić information content (AvgIpc) is 2.78. The van der Waals surface area contributed by atoms with Crippen molar-refractivity contribution in [3.63, 3.8) is 0 Å². The summed E-state index contributed by atoms with van der Waals surface area (Å²) in [4.78, 5) is 59.7. The SMILES string of the molecule is CC(=O)OCC1=C(C(=O)O)N2C(=O)[C@@H](NC(=O)C(N)c3ccc(OCC(=O)O)cc3)[C@H]2SC1. The van der Waals surface area contributed by atoms with Crippen molar-refractivity contribution in [3.8, 4) is 5.75 Å². The van der Waals surface area contributed by atoms with Gasteiger partial charge >= 0.3 is 17.9 Å². The fourth-order valence-electron chi connectivity index (χ4n) is 3.29. The van der Waals surface area contributed by atoms with Crippen LogP contribution in [0.25, 0.3) is 0 Å². The van der Waals surface area contributed by atoms with Crippen LogP contribution in [0.5, 0.6) is 5.75 Å². The summed E-state index contributed by atoms with van der Waals surface area (Å²) in [6, 6.07) is 3.84. The molecule has 2 aliphatic rings. The van der Waals surface area contributed by atoms with E-state index in [0.717, 1.165) is 4.90 Å². The minimum atomic E-state index is -1.33. The van der Waals surface area contributed by atoms with Crippen molar-refractivity contribution in [2.75, 3.05) is 19.0 Å². The molecule has 0 bridgehead atoms. The van der Waals surface area contributed by atoms with Crippen molar-refractivity contribution in [1.82, 2.24) is 10.2 Å². The first-order chi connectivity index (χ1) is 15.6. The molecule has 2 heterocycles. The van der Waals surface area contributed by atoms with Crippen LogP contribution in [0.2, 0.25) is 0 Å². The van der Waals surface area contributed by atoms with Gasteiger partial charge in [-0.3, -0.25) is 19.3 Å². The lowest BCUT2D eigenvalue weighted by molar-refractivity contribution is -0.151. The summed E-state index contributed by atoms with van der Waals surface area (Å²) in [6.45, 7) is 0.440. The lowest BCUT2D eigenvalue weighted by Crippen LogP contribution is -2.71. The van der Waals surface area contributed by atoms with Crippen molar-refractivity contribution in [2.45, 2.75) is 24.4 Å². The third-order valence-corrected chi connectivity index (χ3v) is 6.22. The Hall–Kier alpha value is -3.58. The molecule has 2 amide bonds. The zero-order valence-electron chi connectivity index (χ0n) is 17.3. The number of carboxylic acids is 2. The Kier molecular flexibility index (Phi) is 7.23. The van der Waals surface area contributed by atoms with Gasteiger partial charge in [-0.15, -0.1) is 11.8 Å². The second-order valence-corrected chi connectivity index (χ2v) is 8.27. The zero-order valence-corrected chi connectivity index (χ0v) is 18.2. The van der Waals surface area contributed by atoms with Crippen molar-refractivity contribution in [1.29, 1.82) is 0 Å². The summed E-state index contributed by atoms with van der Waals surface area (Å²) in [7, 11) is 0. The maximum Gasteiger partial charge on any atom is 0.352 e. The zero-order chi connectivity index (χ0) is 24.3. The molecule has 33 heavy (non-hydrogen) atoms. The Morgan fingerprint density at radius 2 is 1.91 bits per heavy atom. The molecule has 2 aliphatic heterocycles. The second kappa shape index (κ2) is 9.92. The highest BCUT2D eigenvalue weighted by atomic mass is 32.2. The first kappa shape index (κ1) is 24.1. The van der Waals surface area contributed by atoms with Crippen LogP contribution in [0, 0.1) is 0 Å². The molecule has 5 N–H and O–H groups in total. The molecule has 3 rings (SSSR count). The molecule has 1 aromatic rings. The first-order valence-corrected chi connectivity index (χ1v) is 10.7. The fourth-order valence-corrected chi connectivity index (χ4v) is 4.62. The third-order valence-electron chi connectivity index (χ3n) is 4.88. The normalized spacial score (nSPS) is 20.3. The van der Waals surface area contributed by atoms with Crippen LogP contribution >= 0.6 is 11.8 Å². The average molecular weight is 479 g/mol. The van der Waals surface area contributed by atoms with Crippen LogP contribution in [-0.2, 0) is 28.7 Å². The van der Waals surface area contributed by atoms with Crippen LogP contribution in [-0.4, -0.2) is 75.2 Å². The van der Waals surface area contributed by atoms with E-state index in [0.29, 0.717) is 11.1 Å². The third kappa shape index (κ3) is 5.26. The van der Waals surface area contributed by atoms with Gasteiger partial charge in [0.15, 0.2) is 6.61 Å². The van der Waals surface area contributed by atoms with Crippen molar-refractivity contribution < 1.29 is 43.7 Å². The summed E-state index contributed by atoms with van der Waals surface area (Å²) in [5.41, 5.74) is 6.43. The molecule has 1 saturated heterocycles. The maximum absolute atomic E-state index is 12.6. The van der Waals surface area contributed by atoms with Gasteiger partial charge in [-0.1, -0.05) is 12.1 Å². The Morgan fingerprint density at radius 3 is 2.48 bits per heavy atom. The molecular weight excluding hydrogens is 458 g/mol. The molecule has 0 radical (unpaired) electrons. The first-order valence-electron chi connectivity index (χ1n) is 9.64. The largest absolute Gasteiger partial charge is 0.482 e. The van der Waals surface area contributed by atoms with E-state index in [2.05, 4.69) is 5.32 Å². The molecule has 1 unspecified atom stereocenters. The number of nitrogens with two attached hydrogens (primary N) is 1. The van der Waals surface area contributed by atoms with Crippen molar-refractivity contribution in [3.05, 3.63) is 41.1 Å². The summed E-state index contributed by atoms with van der Waals surface area (Å²) in [6.07, 6.45) is 0. The number of ether oxygens (including phenoxy) is 2. The van der Waals surface area contributed by atoms with Gasteiger partial charge < -0.3 is 30.7 Å². The number of esters is 1. The number of carbonyl (C=O) groups is 5. The van der Waals surface area contributed by atoms with Crippen LogP contribution in [0.15, 0.2) is 35.5 Å². The van der Waals surface area contributed by atoms with Crippen LogP contribution in [0.4, 0.5) is 0 Å². The predicted molar refractivity (Wildman–Crippen MR) is 113 cm³/mol. The van der Waals surface area contributed by atoms with E-state index in [4.69, 9.17) is 20.3 Å². The number of amides is 2. The highest BCUT2D eigenvalue weighted by molar-refractivity contribution is 8.00. The molecule has 0 aliphatic carbocycles. The number of carboxylic acid groups (broad SMARTS) is 2. The summed E-state index contributed by atoms with van der Waals surface area (Å²) in [5.74, 6) is -3.79. The molecule has 0 aromatic heterocycles. The Morgan fingerprint density at radius 1 is 1.24 bits per heavy atom. The van der Waals surface area contributed by atoms with Gasteiger partial charge in [-0.2, -0.15) is 0 Å². The van der Waals surface area contributed by atoms with Gasteiger partial charge in [0.2, 0.25) is 5.91 Å². The molecule has 1 aromatic carbocycles. The number of fused-ring (bicyclic) bond motifs is 1. The van der Waals surface area contributed by atoms with Crippen molar-refractivity contribution >= 4 is 41.5 Å². The smallest absolute Gasteiger partial charge is 0.352 e. The van der Waals surface area contributed by atoms with E-state index >= 15 is 0 Å². The lowest BCUT2D eigenvalue weighted by atomic mass is 10.0. The van der Waals surface area contributed by atoms with E-state index < -0.39 is 53.8 Å². The van der Waals surface area contributed by atoms with E-state index in [-0.39, 0.29) is 23.8 Å². The number of nitrogens with zero attached hydrogens (tertiary/aromatic N) is 1. The van der Waals surface area contributed by atoms with Gasteiger partial charge in [0, 0.05) is 18.2 Å². The predicted octanol–water partition coefficient (Wildman–Crippen LogP) is -0.548. The highest BCUT2D eigenvalue weighted by Crippen LogP contribution is 2.40. The number of nitrogens with one attached hydrogen (secondary N) is 1. The summed E-state index contributed by atoms with van der Waals surface area (Å²) >= 11 is 1.24. The van der Waals surface area contributed by atoms with Crippen LogP contribution in [0.1, 0.15) is 18.5 Å². The number of benzene rings is 1. The molecule has 13 heteroatoms.